The molecule has 108 valence electrons. The maximum atomic E-state index is 12.2. The smallest absolute Gasteiger partial charge is 0.273 e. The molecule has 0 fully saturated rings. The molecule has 0 amide bonds. The topological polar surface area (TPSA) is 98.0 Å². The number of rotatable bonds is 5. The maximum absolute atomic E-state index is 12.2. The van der Waals surface area contributed by atoms with Crippen molar-refractivity contribution >= 4 is 27.3 Å². The fourth-order valence-corrected chi connectivity index (χ4v) is 4.04. The summed E-state index contributed by atoms with van der Waals surface area (Å²) in [4.78, 5) is 9.08. The molecule has 3 N–H and O–H groups in total. The van der Waals surface area contributed by atoms with E-state index >= 15 is 0 Å². The first-order valence-electron chi connectivity index (χ1n) is 6.04. The van der Waals surface area contributed by atoms with Crippen LogP contribution >= 0.6 is 11.3 Å². The molecule has 0 spiro atoms. The minimum atomic E-state index is -3.64. The predicted octanol–water partition coefficient (Wildman–Crippen LogP) is 1.46. The summed E-state index contributed by atoms with van der Waals surface area (Å²) in [5.74, 6) is 0.0938. The van der Waals surface area contributed by atoms with E-state index in [9.17, 15) is 8.42 Å². The van der Waals surface area contributed by atoms with Crippen LogP contribution in [0, 0.1) is 13.8 Å². The van der Waals surface area contributed by atoms with Crippen molar-refractivity contribution in [3.63, 3.8) is 0 Å². The Morgan fingerprint density at radius 3 is 2.50 bits per heavy atom. The third-order valence-corrected chi connectivity index (χ3v) is 5.47. The molecule has 2 aromatic heterocycles. The number of nitrogens with one attached hydrogen (secondary N) is 1. The number of sulfonamides is 1. The van der Waals surface area contributed by atoms with Gasteiger partial charge in [0, 0.05) is 16.3 Å². The van der Waals surface area contributed by atoms with E-state index in [-0.39, 0.29) is 10.2 Å². The molecule has 0 bridgehead atoms. The van der Waals surface area contributed by atoms with E-state index in [1.807, 2.05) is 0 Å². The van der Waals surface area contributed by atoms with Gasteiger partial charge in [0.15, 0.2) is 0 Å². The van der Waals surface area contributed by atoms with Crippen LogP contribution in [-0.2, 0) is 16.4 Å². The van der Waals surface area contributed by atoms with Crippen LogP contribution in [0.2, 0.25) is 0 Å². The molecule has 0 aromatic carbocycles. The van der Waals surface area contributed by atoms with E-state index in [4.69, 9.17) is 5.73 Å². The molecular formula is C12H16N4O2S2. The van der Waals surface area contributed by atoms with Crippen molar-refractivity contribution in [3.8, 4) is 0 Å². The van der Waals surface area contributed by atoms with Gasteiger partial charge in [-0.3, -0.25) is 0 Å². The van der Waals surface area contributed by atoms with Gasteiger partial charge in [-0.15, -0.1) is 11.3 Å². The monoisotopic (exact) mass is 312 g/mol. The summed E-state index contributed by atoms with van der Waals surface area (Å²) in [6.45, 7) is 4.07. The minimum absolute atomic E-state index is 0.0938. The van der Waals surface area contributed by atoms with Gasteiger partial charge in [-0.2, -0.15) is 0 Å². The van der Waals surface area contributed by atoms with E-state index in [0.29, 0.717) is 24.4 Å². The number of hydrogen-bond donors (Lipinski definition) is 2. The van der Waals surface area contributed by atoms with Gasteiger partial charge in [0.25, 0.3) is 10.0 Å². The zero-order valence-corrected chi connectivity index (χ0v) is 12.9. The molecule has 0 atom stereocenters. The second-order valence-electron chi connectivity index (χ2n) is 4.34. The Morgan fingerprint density at radius 2 is 1.90 bits per heavy atom. The van der Waals surface area contributed by atoms with Crippen molar-refractivity contribution in [1.29, 1.82) is 0 Å². The first-order chi connectivity index (χ1) is 9.40. The normalized spacial score (nSPS) is 11.6. The Hall–Kier alpha value is -1.51. The summed E-state index contributed by atoms with van der Waals surface area (Å²) in [6, 6.07) is 5.12. The summed E-state index contributed by atoms with van der Waals surface area (Å²) in [6.07, 6.45) is 0.667. The van der Waals surface area contributed by atoms with Crippen molar-refractivity contribution in [2.24, 2.45) is 5.73 Å². The van der Waals surface area contributed by atoms with Crippen molar-refractivity contribution in [2.75, 3.05) is 11.3 Å². The number of aryl methyl sites for hydroxylation is 2. The summed E-state index contributed by atoms with van der Waals surface area (Å²) in [7, 11) is -3.64. The third-order valence-electron chi connectivity index (χ3n) is 2.50. The Balaban J connectivity index is 2.25. The molecule has 0 radical (unpaired) electrons. The fraction of sp³-hybridized carbons (Fsp3) is 0.333. The van der Waals surface area contributed by atoms with Gasteiger partial charge < -0.3 is 5.73 Å². The van der Waals surface area contributed by atoms with Crippen LogP contribution in [-0.4, -0.2) is 24.9 Å². The zero-order chi connectivity index (χ0) is 14.8. The molecule has 0 saturated carbocycles. The molecule has 2 rings (SSSR count). The second kappa shape index (κ2) is 5.86. The van der Waals surface area contributed by atoms with E-state index in [0.717, 1.165) is 4.88 Å². The molecule has 2 heterocycles. The zero-order valence-electron chi connectivity index (χ0n) is 11.3. The molecule has 0 unspecified atom stereocenters. The Bertz CT molecular complexity index is 690. The van der Waals surface area contributed by atoms with Gasteiger partial charge in [-0.05, 0) is 45.0 Å². The van der Waals surface area contributed by atoms with Gasteiger partial charge >= 0.3 is 0 Å². The Morgan fingerprint density at radius 1 is 1.25 bits per heavy atom. The average molecular weight is 312 g/mol. The predicted molar refractivity (Wildman–Crippen MR) is 79.4 cm³/mol. The standard InChI is InChI=1S/C12H16N4O2S2/c1-8-7-9(2)15-12(14-8)16-20(17,18)11-4-3-10(19-11)5-6-13/h3-4,7H,5-6,13H2,1-2H3,(H,14,15,16). The highest BCUT2D eigenvalue weighted by molar-refractivity contribution is 7.94. The Kier molecular flexibility index (Phi) is 4.36. The van der Waals surface area contributed by atoms with Crippen LogP contribution in [0.5, 0.6) is 0 Å². The highest BCUT2D eigenvalue weighted by Crippen LogP contribution is 2.23. The number of anilines is 1. The molecule has 0 aliphatic rings. The molecule has 2 aromatic rings. The number of thiophene rings is 1. The molecule has 0 aliphatic carbocycles. The largest absolute Gasteiger partial charge is 0.330 e. The van der Waals surface area contributed by atoms with E-state index < -0.39 is 10.0 Å². The molecule has 0 saturated heterocycles. The molecule has 0 aliphatic heterocycles. The van der Waals surface area contributed by atoms with Crippen LogP contribution in [0.1, 0.15) is 16.3 Å². The van der Waals surface area contributed by atoms with Gasteiger partial charge in [0.2, 0.25) is 5.95 Å². The van der Waals surface area contributed by atoms with Crippen molar-refractivity contribution in [3.05, 3.63) is 34.5 Å². The van der Waals surface area contributed by atoms with Crippen LogP contribution in [0.3, 0.4) is 0 Å². The average Bonchev–Trinajstić information content (AvgIpc) is 2.76. The summed E-state index contributed by atoms with van der Waals surface area (Å²) >= 11 is 1.21. The quantitative estimate of drug-likeness (QED) is 0.871. The van der Waals surface area contributed by atoms with Gasteiger partial charge in [-0.1, -0.05) is 0 Å². The SMILES string of the molecule is Cc1cc(C)nc(NS(=O)(=O)c2ccc(CCN)s2)n1. The molecule has 20 heavy (non-hydrogen) atoms. The number of nitrogens with zero attached hydrogens (tertiary/aromatic N) is 2. The first-order valence-corrected chi connectivity index (χ1v) is 8.34. The lowest BCUT2D eigenvalue weighted by Crippen LogP contribution is -2.14. The minimum Gasteiger partial charge on any atom is -0.330 e. The number of aromatic nitrogens is 2. The fourth-order valence-electron chi connectivity index (χ4n) is 1.72. The third kappa shape index (κ3) is 3.53. The lowest BCUT2D eigenvalue weighted by atomic mass is 10.3. The molecule has 6 nitrogen and oxygen atoms in total. The second-order valence-corrected chi connectivity index (χ2v) is 7.42. The van der Waals surface area contributed by atoms with Crippen LogP contribution in [0.15, 0.2) is 22.4 Å². The van der Waals surface area contributed by atoms with Gasteiger partial charge in [-0.25, -0.2) is 23.1 Å². The highest BCUT2D eigenvalue weighted by Gasteiger charge is 2.18. The summed E-state index contributed by atoms with van der Waals surface area (Å²) < 4.78 is 27.1. The summed E-state index contributed by atoms with van der Waals surface area (Å²) in [5, 5.41) is 0. The van der Waals surface area contributed by atoms with Crippen molar-refractivity contribution in [1.82, 2.24) is 9.97 Å². The highest BCUT2D eigenvalue weighted by atomic mass is 32.2. The summed E-state index contributed by atoms with van der Waals surface area (Å²) in [5.41, 5.74) is 6.88. The molecular weight excluding hydrogens is 296 g/mol. The van der Waals surface area contributed by atoms with Crippen molar-refractivity contribution < 1.29 is 8.42 Å². The lowest BCUT2D eigenvalue weighted by Gasteiger charge is -2.06. The van der Waals surface area contributed by atoms with Gasteiger partial charge in [0.05, 0.1) is 0 Å². The Labute approximate surface area is 122 Å². The maximum Gasteiger partial charge on any atom is 0.273 e. The molecule has 8 heteroatoms. The van der Waals surface area contributed by atoms with Crippen molar-refractivity contribution in [2.45, 2.75) is 24.5 Å². The van der Waals surface area contributed by atoms with Crippen LogP contribution in [0.4, 0.5) is 5.95 Å². The number of hydrogen-bond acceptors (Lipinski definition) is 6. The van der Waals surface area contributed by atoms with Crippen LogP contribution < -0.4 is 10.5 Å². The van der Waals surface area contributed by atoms with E-state index in [1.165, 1.54) is 11.3 Å². The van der Waals surface area contributed by atoms with E-state index in [1.54, 1.807) is 32.0 Å². The lowest BCUT2D eigenvalue weighted by molar-refractivity contribution is 0.602. The van der Waals surface area contributed by atoms with E-state index in [2.05, 4.69) is 14.7 Å². The first kappa shape index (κ1) is 14.9. The number of nitrogens with two attached hydrogens (primary N) is 1. The van der Waals surface area contributed by atoms with Crippen LogP contribution in [0.25, 0.3) is 0 Å². The van der Waals surface area contributed by atoms with Gasteiger partial charge in [0.1, 0.15) is 4.21 Å².